The molecule has 2 heterocycles. The van der Waals surface area contributed by atoms with Crippen molar-refractivity contribution in [3.05, 3.63) is 105 Å². The Hall–Kier alpha value is -4.88. The third-order valence-electron chi connectivity index (χ3n) is 7.19. The van der Waals surface area contributed by atoms with E-state index in [4.69, 9.17) is 14.9 Å². The number of oxime groups is 1. The van der Waals surface area contributed by atoms with E-state index in [1.165, 1.54) is 28.8 Å². The number of aliphatic hydroxyl groups excluding tert-OH is 1. The van der Waals surface area contributed by atoms with Crippen molar-refractivity contribution in [2.75, 3.05) is 0 Å². The molecular formula is C31H27FN4O5. The number of hydrogen-bond donors (Lipinski definition) is 2. The van der Waals surface area contributed by atoms with Crippen LogP contribution in [0.15, 0.2) is 76.7 Å². The molecule has 0 spiro atoms. The van der Waals surface area contributed by atoms with Gasteiger partial charge in [0.15, 0.2) is 5.60 Å². The number of carboxylic acids is 1. The Morgan fingerprint density at radius 3 is 2.68 bits per heavy atom. The molecule has 0 aliphatic carbocycles. The molecule has 208 valence electrons. The van der Waals surface area contributed by atoms with E-state index < -0.39 is 23.5 Å². The van der Waals surface area contributed by atoms with E-state index in [1.54, 1.807) is 49.4 Å². The van der Waals surface area contributed by atoms with Gasteiger partial charge in [-0.15, -0.1) is 0 Å². The van der Waals surface area contributed by atoms with Crippen molar-refractivity contribution in [2.24, 2.45) is 5.16 Å². The lowest BCUT2D eigenvalue weighted by Crippen LogP contribution is -2.33. The van der Waals surface area contributed by atoms with Crippen LogP contribution in [0.4, 0.5) is 4.39 Å². The molecule has 2 atom stereocenters. The standard InChI is InChI=1S/C31H27FN4O5/c1-31(29(39)21-6-4-5-19(15-21)18-33)17-26(35-41-31)20-9-14-24-25(16-20)34-27(7-2-3-8-28(37)38)36(30(24)40)23-12-10-22(32)11-13-23/h4-6,9-16,29,39H,2-3,7-8,17H2,1H3,(H,37,38)/t29-,31+/m0/s1. The fourth-order valence-corrected chi connectivity index (χ4v) is 4.98. The number of hydrogen-bond acceptors (Lipinski definition) is 7. The summed E-state index contributed by atoms with van der Waals surface area (Å²) in [6.07, 6.45) is 0.481. The normalized spacial score (nSPS) is 17.1. The Morgan fingerprint density at radius 1 is 1.17 bits per heavy atom. The minimum absolute atomic E-state index is 0.00373. The molecule has 1 aromatic heterocycles. The van der Waals surface area contributed by atoms with Crippen LogP contribution in [0.5, 0.6) is 0 Å². The van der Waals surface area contributed by atoms with Crippen LogP contribution in [-0.2, 0) is 16.1 Å². The lowest BCUT2D eigenvalue weighted by molar-refractivity contribution is -0.137. The Balaban J connectivity index is 1.47. The van der Waals surface area contributed by atoms with Crippen LogP contribution in [0, 0.1) is 17.1 Å². The van der Waals surface area contributed by atoms with Gasteiger partial charge >= 0.3 is 5.97 Å². The van der Waals surface area contributed by atoms with E-state index in [9.17, 15) is 24.3 Å². The van der Waals surface area contributed by atoms with Crippen LogP contribution in [-0.4, -0.2) is 37.0 Å². The summed E-state index contributed by atoms with van der Waals surface area (Å²) < 4.78 is 15.0. The van der Waals surface area contributed by atoms with Crippen LogP contribution in [0.3, 0.4) is 0 Å². The molecule has 3 aromatic carbocycles. The van der Waals surface area contributed by atoms with Gasteiger partial charge in [0.05, 0.1) is 33.9 Å². The molecule has 0 radical (unpaired) electrons. The molecule has 0 saturated carbocycles. The van der Waals surface area contributed by atoms with Gasteiger partial charge in [-0.05, 0) is 73.9 Å². The van der Waals surface area contributed by atoms with E-state index in [1.807, 2.05) is 0 Å². The van der Waals surface area contributed by atoms with Crippen LogP contribution in [0.1, 0.15) is 61.2 Å². The second kappa shape index (κ2) is 11.3. The molecule has 0 saturated heterocycles. The average Bonchev–Trinajstić information content (AvgIpc) is 3.38. The Labute approximate surface area is 234 Å². The zero-order chi connectivity index (χ0) is 29.1. The van der Waals surface area contributed by atoms with Gasteiger partial charge in [0.2, 0.25) is 0 Å². The van der Waals surface area contributed by atoms with Gasteiger partial charge in [0, 0.05) is 24.8 Å². The molecule has 2 N–H and O–H groups in total. The number of carboxylic acid groups (broad SMARTS) is 1. The second-order valence-corrected chi connectivity index (χ2v) is 10.2. The molecule has 0 fully saturated rings. The summed E-state index contributed by atoms with van der Waals surface area (Å²) in [6.45, 7) is 1.74. The highest BCUT2D eigenvalue weighted by molar-refractivity contribution is 6.04. The highest BCUT2D eigenvalue weighted by atomic mass is 19.1. The van der Waals surface area contributed by atoms with Gasteiger partial charge in [0.1, 0.15) is 17.7 Å². The van der Waals surface area contributed by atoms with Crippen molar-refractivity contribution in [1.29, 1.82) is 5.26 Å². The van der Waals surface area contributed by atoms with Crippen molar-refractivity contribution in [1.82, 2.24) is 9.55 Å². The summed E-state index contributed by atoms with van der Waals surface area (Å²) in [5.41, 5.74) is 1.68. The molecule has 41 heavy (non-hydrogen) atoms. The molecule has 10 heteroatoms. The number of aliphatic hydroxyl groups is 1. The quantitative estimate of drug-likeness (QED) is 0.283. The molecule has 0 unspecified atom stereocenters. The number of aliphatic carboxylic acids is 1. The smallest absolute Gasteiger partial charge is 0.303 e. The first-order valence-electron chi connectivity index (χ1n) is 13.2. The number of aryl methyl sites for hydroxylation is 1. The van der Waals surface area contributed by atoms with E-state index in [2.05, 4.69) is 11.2 Å². The predicted molar refractivity (Wildman–Crippen MR) is 149 cm³/mol. The summed E-state index contributed by atoms with van der Waals surface area (Å²) >= 11 is 0. The van der Waals surface area contributed by atoms with Crippen molar-refractivity contribution >= 4 is 22.6 Å². The predicted octanol–water partition coefficient (Wildman–Crippen LogP) is 4.81. The summed E-state index contributed by atoms with van der Waals surface area (Å²) in [5, 5.41) is 33.9. The number of unbranched alkanes of at least 4 members (excludes halogenated alkanes) is 1. The minimum atomic E-state index is -1.08. The number of carbonyl (C=O) groups is 1. The van der Waals surface area contributed by atoms with Gasteiger partial charge in [-0.2, -0.15) is 5.26 Å². The maximum absolute atomic E-state index is 13.6. The monoisotopic (exact) mass is 554 g/mol. The van der Waals surface area contributed by atoms with E-state index in [-0.39, 0.29) is 18.4 Å². The Kier molecular flexibility index (Phi) is 7.64. The molecule has 0 amide bonds. The molecular weight excluding hydrogens is 527 g/mol. The first-order chi connectivity index (χ1) is 19.7. The largest absolute Gasteiger partial charge is 0.481 e. The summed E-state index contributed by atoms with van der Waals surface area (Å²) in [5.74, 6) is -0.900. The minimum Gasteiger partial charge on any atom is -0.481 e. The molecule has 0 bridgehead atoms. The van der Waals surface area contributed by atoms with Gasteiger partial charge in [-0.1, -0.05) is 23.4 Å². The van der Waals surface area contributed by atoms with Crippen LogP contribution >= 0.6 is 0 Å². The number of benzene rings is 3. The Morgan fingerprint density at radius 2 is 1.95 bits per heavy atom. The molecule has 5 rings (SSSR count). The fourth-order valence-electron chi connectivity index (χ4n) is 4.98. The number of aromatic nitrogens is 2. The van der Waals surface area contributed by atoms with Crippen molar-refractivity contribution < 1.29 is 24.2 Å². The Bertz CT molecular complexity index is 1760. The maximum Gasteiger partial charge on any atom is 0.303 e. The molecule has 1 aliphatic rings. The summed E-state index contributed by atoms with van der Waals surface area (Å²) in [7, 11) is 0. The average molecular weight is 555 g/mol. The zero-order valence-electron chi connectivity index (χ0n) is 22.2. The number of nitriles is 1. The highest BCUT2D eigenvalue weighted by Gasteiger charge is 2.42. The number of halogens is 1. The van der Waals surface area contributed by atoms with E-state index >= 15 is 0 Å². The molecule has 1 aliphatic heterocycles. The number of nitrogens with zero attached hydrogens (tertiary/aromatic N) is 4. The molecule has 9 nitrogen and oxygen atoms in total. The van der Waals surface area contributed by atoms with E-state index in [0.717, 1.165) is 0 Å². The lowest BCUT2D eigenvalue weighted by atomic mass is 9.86. The van der Waals surface area contributed by atoms with Crippen LogP contribution in [0.25, 0.3) is 16.6 Å². The van der Waals surface area contributed by atoms with Crippen LogP contribution < -0.4 is 5.56 Å². The van der Waals surface area contributed by atoms with Gasteiger partial charge in [0.25, 0.3) is 5.56 Å². The SMILES string of the molecule is C[C@]1([C@@H](O)c2cccc(C#N)c2)CC(c2ccc3c(=O)n(-c4ccc(F)cc4)c(CCCCC(=O)O)nc3c2)=NO1. The van der Waals surface area contributed by atoms with E-state index in [0.29, 0.717) is 64.1 Å². The van der Waals surface area contributed by atoms with Crippen molar-refractivity contribution in [2.45, 2.75) is 50.7 Å². The fraction of sp³-hybridized carbons (Fsp3) is 0.258. The highest BCUT2D eigenvalue weighted by Crippen LogP contribution is 2.38. The van der Waals surface area contributed by atoms with Gasteiger partial charge in [-0.25, -0.2) is 9.37 Å². The topological polar surface area (TPSA) is 138 Å². The third-order valence-corrected chi connectivity index (χ3v) is 7.19. The first kappa shape index (κ1) is 27.7. The maximum atomic E-state index is 13.6. The third kappa shape index (κ3) is 5.71. The number of rotatable bonds is 9. The lowest BCUT2D eigenvalue weighted by Gasteiger charge is -2.27. The van der Waals surface area contributed by atoms with Crippen molar-refractivity contribution in [3.63, 3.8) is 0 Å². The van der Waals surface area contributed by atoms with Gasteiger partial charge < -0.3 is 15.1 Å². The van der Waals surface area contributed by atoms with Crippen molar-refractivity contribution in [3.8, 4) is 11.8 Å². The second-order valence-electron chi connectivity index (χ2n) is 10.2. The van der Waals surface area contributed by atoms with Crippen LogP contribution in [0.2, 0.25) is 0 Å². The number of fused-ring (bicyclic) bond motifs is 1. The molecule has 4 aromatic rings. The summed E-state index contributed by atoms with van der Waals surface area (Å²) in [6, 6.07) is 19.4. The first-order valence-corrected chi connectivity index (χ1v) is 13.2. The van der Waals surface area contributed by atoms with Gasteiger partial charge in [-0.3, -0.25) is 14.2 Å². The zero-order valence-corrected chi connectivity index (χ0v) is 22.2. The summed E-state index contributed by atoms with van der Waals surface area (Å²) in [4.78, 5) is 35.1.